The normalized spacial score (nSPS) is 11.6. The molecule has 0 saturated heterocycles. The van der Waals surface area contributed by atoms with Crippen LogP contribution in [0, 0.1) is 6.92 Å². The summed E-state index contributed by atoms with van der Waals surface area (Å²) in [7, 11) is -2.16. The summed E-state index contributed by atoms with van der Waals surface area (Å²) in [6, 6.07) is 19.9. The fraction of sp³-hybridized carbons (Fsp3) is 0.0909. The first kappa shape index (κ1) is 17.4. The average molecular weight is 377 g/mol. The van der Waals surface area contributed by atoms with E-state index in [2.05, 4.69) is 0 Å². The van der Waals surface area contributed by atoms with E-state index < -0.39 is 9.84 Å². The van der Waals surface area contributed by atoms with Gasteiger partial charge in [0.05, 0.1) is 17.5 Å². The van der Waals surface area contributed by atoms with Crippen molar-refractivity contribution in [1.82, 2.24) is 4.40 Å². The Morgan fingerprint density at radius 1 is 0.889 bits per heavy atom. The minimum atomic E-state index is -3.71. The molecule has 0 fully saturated rings. The van der Waals surface area contributed by atoms with Crippen LogP contribution in [0.1, 0.15) is 5.56 Å². The average Bonchev–Trinajstić information content (AvgIpc) is 3.09. The van der Waals surface area contributed by atoms with E-state index >= 15 is 0 Å². The molecule has 0 aliphatic carbocycles. The number of pyridine rings is 1. The van der Waals surface area contributed by atoms with E-state index in [0.717, 1.165) is 11.1 Å². The molecular formula is C22H19NO3S. The quantitative estimate of drug-likeness (QED) is 0.515. The van der Waals surface area contributed by atoms with Crippen molar-refractivity contribution in [3.05, 3.63) is 84.7 Å². The molecule has 0 amide bonds. The Kier molecular flexibility index (Phi) is 4.24. The molecule has 0 saturated carbocycles. The second-order valence-electron chi connectivity index (χ2n) is 6.41. The lowest BCUT2D eigenvalue weighted by molar-refractivity contribution is 0.414. The third-order valence-electron chi connectivity index (χ3n) is 4.64. The van der Waals surface area contributed by atoms with Crippen LogP contribution in [0.4, 0.5) is 0 Å². The van der Waals surface area contributed by atoms with Gasteiger partial charge in [-0.3, -0.25) is 0 Å². The molecule has 0 aliphatic rings. The van der Waals surface area contributed by atoms with Crippen LogP contribution in [0.2, 0.25) is 0 Å². The third kappa shape index (κ3) is 3.00. The number of methoxy groups -OCH3 is 1. The molecule has 2 aromatic carbocycles. The van der Waals surface area contributed by atoms with Crippen LogP contribution in [-0.2, 0) is 9.84 Å². The van der Waals surface area contributed by atoms with E-state index in [-0.39, 0.29) is 4.90 Å². The lowest BCUT2D eigenvalue weighted by atomic mass is 10.1. The lowest BCUT2D eigenvalue weighted by Crippen LogP contribution is -2.03. The summed E-state index contributed by atoms with van der Waals surface area (Å²) < 4.78 is 34.0. The summed E-state index contributed by atoms with van der Waals surface area (Å²) in [6.45, 7) is 2.01. The smallest absolute Gasteiger partial charge is 0.209 e. The van der Waals surface area contributed by atoms with E-state index in [1.165, 1.54) is 0 Å². The molecule has 27 heavy (non-hydrogen) atoms. The van der Waals surface area contributed by atoms with Gasteiger partial charge in [0, 0.05) is 18.0 Å². The maximum Gasteiger partial charge on any atom is 0.209 e. The van der Waals surface area contributed by atoms with Crippen LogP contribution in [0.5, 0.6) is 5.75 Å². The number of hydrogen-bond acceptors (Lipinski definition) is 3. The molecule has 0 atom stereocenters. The Morgan fingerprint density at radius 2 is 1.59 bits per heavy atom. The molecule has 0 N–H and O–H groups in total. The maximum atomic E-state index is 13.5. The predicted molar refractivity (Wildman–Crippen MR) is 106 cm³/mol. The second kappa shape index (κ2) is 6.59. The van der Waals surface area contributed by atoms with E-state index in [1.807, 2.05) is 66.2 Å². The zero-order chi connectivity index (χ0) is 19.0. The van der Waals surface area contributed by atoms with Crippen LogP contribution in [0.25, 0.3) is 16.6 Å². The number of ether oxygens (including phenoxy) is 1. The number of aryl methyl sites for hydroxylation is 1. The highest BCUT2D eigenvalue weighted by atomic mass is 32.2. The van der Waals surface area contributed by atoms with Crippen molar-refractivity contribution in [2.75, 3.05) is 7.11 Å². The van der Waals surface area contributed by atoms with Crippen LogP contribution >= 0.6 is 0 Å². The highest BCUT2D eigenvalue weighted by Crippen LogP contribution is 2.36. The zero-order valence-corrected chi connectivity index (χ0v) is 15.9. The maximum absolute atomic E-state index is 13.5. The first-order valence-electron chi connectivity index (χ1n) is 8.56. The van der Waals surface area contributed by atoms with Crippen LogP contribution in [-0.4, -0.2) is 19.9 Å². The van der Waals surface area contributed by atoms with Gasteiger partial charge in [-0.1, -0.05) is 35.9 Å². The lowest BCUT2D eigenvalue weighted by Gasteiger charge is -2.09. The molecule has 4 nitrogen and oxygen atoms in total. The number of aromatic nitrogens is 1. The molecular weight excluding hydrogens is 358 g/mol. The monoisotopic (exact) mass is 377 g/mol. The molecule has 2 aromatic heterocycles. The van der Waals surface area contributed by atoms with Crippen molar-refractivity contribution in [1.29, 1.82) is 0 Å². The zero-order valence-electron chi connectivity index (χ0n) is 15.1. The number of sulfone groups is 1. The highest BCUT2D eigenvalue weighted by Gasteiger charge is 2.26. The second-order valence-corrected chi connectivity index (χ2v) is 8.30. The van der Waals surface area contributed by atoms with Crippen molar-refractivity contribution in [3.63, 3.8) is 0 Å². The predicted octanol–water partition coefficient (Wildman–Crippen LogP) is 4.76. The fourth-order valence-electron chi connectivity index (χ4n) is 3.19. The van der Waals surface area contributed by atoms with Gasteiger partial charge in [0.25, 0.3) is 0 Å². The van der Waals surface area contributed by atoms with E-state index in [1.54, 1.807) is 31.4 Å². The number of hydrogen-bond donors (Lipinski definition) is 0. The van der Waals surface area contributed by atoms with Crippen molar-refractivity contribution >= 4 is 15.4 Å². The minimum absolute atomic E-state index is 0.244. The van der Waals surface area contributed by atoms with Crippen LogP contribution in [0.15, 0.2) is 88.9 Å². The van der Waals surface area contributed by atoms with Gasteiger partial charge in [-0.05, 0) is 48.9 Å². The number of rotatable bonds is 4. The van der Waals surface area contributed by atoms with E-state index in [0.29, 0.717) is 21.7 Å². The molecule has 0 aliphatic heterocycles. The molecule has 4 rings (SSSR count). The molecule has 2 heterocycles. The van der Waals surface area contributed by atoms with Gasteiger partial charge in [0.1, 0.15) is 10.6 Å². The Hall–Kier alpha value is -3.05. The standard InChI is InChI=1S/C22H19NO3S/c1-16-6-8-17(9-7-16)20-15-23-14-4-3-5-21(23)22(20)27(24,25)19-12-10-18(26-2)11-13-19/h3-15H,1-2H3. The van der Waals surface area contributed by atoms with Gasteiger partial charge in [0.15, 0.2) is 0 Å². The molecule has 0 radical (unpaired) electrons. The SMILES string of the molecule is COc1ccc(S(=O)(=O)c2c(-c3ccc(C)cc3)cn3ccccc23)cc1. The molecule has 5 heteroatoms. The first-order chi connectivity index (χ1) is 13.0. The Balaban J connectivity index is 1.98. The van der Waals surface area contributed by atoms with Crippen molar-refractivity contribution < 1.29 is 13.2 Å². The van der Waals surface area contributed by atoms with Crippen molar-refractivity contribution in [2.24, 2.45) is 0 Å². The Labute approximate surface area is 158 Å². The number of fused-ring (bicyclic) bond motifs is 1. The Morgan fingerprint density at radius 3 is 2.26 bits per heavy atom. The summed E-state index contributed by atoms with van der Waals surface area (Å²) in [5.74, 6) is 0.620. The fourth-order valence-corrected chi connectivity index (χ4v) is 4.83. The Bertz CT molecular complexity index is 1200. The van der Waals surface area contributed by atoms with Gasteiger partial charge in [-0.25, -0.2) is 8.42 Å². The summed E-state index contributed by atoms with van der Waals surface area (Å²) in [5, 5.41) is 0. The van der Waals surface area contributed by atoms with Gasteiger partial charge in [-0.15, -0.1) is 0 Å². The summed E-state index contributed by atoms with van der Waals surface area (Å²) in [6.07, 6.45) is 3.73. The topological polar surface area (TPSA) is 47.8 Å². The molecule has 0 bridgehead atoms. The van der Waals surface area contributed by atoms with Gasteiger partial charge in [0.2, 0.25) is 9.84 Å². The van der Waals surface area contributed by atoms with Crippen molar-refractivity contribution in [3.8, 4) is 16.9 Å². The summed E-state index contributed by atoms with van der Waals surface area (Å²) in [4.78, 5) is 0.561. The van der Waals surface area contributed by atoms with Crippen LogP contribution in [0.3, 0.4) is 0 Å². The van der Waals surface area contributed by atoms with Gasteiger partial charge >= 0.3 is 0 Å². The van der Waals surface area contributed by atoms with Gasteiger partial charge < -0.3 is 9.14 Å². The number of benzene rings is 2. The summed E-state index contributed by atoms with van der Waals surface area (Å²) in [5.41, 5.74) is 3.35. The molecule has 0 spiro atoms. The van der Waals surface area contributed by atoms with Crippen LogP contribution < -0.4 is 4.74 Å². The summed E-state index contributed by atoms with van der Waals surface area (Å²) >= 11 is 0. The highest BCUT2D eigenvalue weighted by molar-refractivity contribution is 7.91. The van der Waals surface area contributed by atoms with E-state index in [4.69, 9.17) is 4.74 Å². The largest absolute Gasteiger partial charge is 0.497 e. The minimum Gasteiger partial charge on any atom is -0.497 e. The van der Waals surface area contributed by atoms with Crippen molar-refractivity contribution in [2.45, 2.75) is 16.7 Å². The number of nitrogens with zero attached hydrogens (tertiary/aromatic N) is 1. The first-order valence-corrected chi connectivity index (χ1v) is 10.0. The molecule has 4 aromatic rings. The molecule has 0 unspecified atom stereocenters. The van der Waals surface area contributed by atoms with E-state index in [9.17, 15) is 8.42 Å². The third-order valence-corrected chi connectivity index (χ3v) is 6.50. The molecule has 136 valence electrons. The van der Waals surface area contributed by atoms with Gasteiger partial charge in [-0.2, -0.15) is 0 Å².